The maximum absolute atomic E-state index is 13.6. The van der Waals surface area contributed by atoms with Crippen LogP contribution in [0.2, 0.25) is 0 Å². The van der Waals surface area contributed by atoms with E-state index in [0.717, 1.165) is 11.3 Å². The summed E-state index contributed by atoms with van der Waals surface area (Å²) in [7, 11) is 0. The zero-order chi connectivity index (χ0) is 22.2. The van der Waals surface area contributed by atoms with Gasteiger partial charge in [-0.2, -0.15) is 0 Å². The van der Waals surface area contributed by atoms with Gasteiger partial charge in [0.05, 0.1) is 12.4 Å². The van der Waals surface area contributed by atoms with Gasteiger partial charge in [-0.3, -0.25) is 4.79 Å². The molecule has 0 radical (unpaired) electrons. The molecule has 0 spiro atoms. The van der Waals surface area contributed by atoms with Crippen molar-refractivity contribution in [2.24, 2.45) is 11.1 Å². The molecule has 0 saturated carbocycles. The maximum Gasteiger partial charge on any atom is 0.157 e. The third kappa shape index (κ3) is 5.57. The maximum atomic E-state index is 13.6. The van der Waals surface area contributed by atoms with Gasteiger partial charge in [0, 0.05) is 24.2 Å². The molecular weight excluding hydrogens is 358 g/mol. The molecule has 1 heterocycles. The van der Waals surface area contributed by atoms with Crippen LogP contribution in [0.5, 0.6) is 0 Å². The topological polar surface area (TPSA) is 71.8 Å². The number of rotatable bonds is 5. The Labute approximate surface area is 176 Å². The van der Waals surface area contributed by atoms with Crippen LogP contribution >= 0.6 is 0 Å². The summed E-state index contributed by atoms with van der Waals surface area (Å²) in [5.41, 5.74) is 10.6. The van der Waals surface area contributed by atoms with Crippen LogP contribution in [0.4, 0.5) is 0 Å². The standard InChI is InChI=1S/C25H39N3O/c1-23(2,3)16-10-11-18(19(12-16)24(4,5)6)21(25(7,8)9)22(29)20(26)13-17-14-27-15-28-17/h10-12,14-15,20-21H,13,26H2,1-9H3,(H,27,28)/t20-,21?/m0/s1. The second-order valence-corrected chi connectivity index (χ2v) is 11.4. The lowest BCUT2D eigenvalue weighted by Gasteiger charge is -2.36. The van der Waals surface area contributed by atoms with Crippen LogP contribution in [0, 0.1) is 5.41 Å². The van der Waals surface area contributed by atoms with E-state index in [0.29, 0.717) is 6.42 Å². The Morgan fingerprint density at radius 3 is 2.10 bits per heavy atom. The first-order valence-corrected chi connectivity index (χ1v) is 10.5. The number of ketones is 1. The van der Waals surface area contributed by atoms with Crippen LogP contribution in [0.3, 0.4) is 0 Å². The third-order valence-corrected chi connectivity index (χ3v) is 5.55. The SMILES string of the molecule is CC(C)(C)c1ccc(C(C(=O)[C@@H](N)Cc2cnc[nH]2)C(C)(C)C)c(C(C)(C)C)c1. The number of hydrogen-bond acceptors (Lipinski definition) is 3. The lowest BCUT2D eigenvalue weighted by Crippen LogP contribution is -2.41. The number of hydrogen-bond donors (Lipinski definition) is 2. The quantitative estimate of drug-likeness (QED) is 0.721. The van der Waals surface area contributed by atoms with Gasteiger partial charge in [-0.15, -0.1) is 0 Å². The molecule has 4 nitrogen and oxygen atoms in total. The van der Waals surface area contributed by atoms with Crippen LogP contribution in [-0.4, -0.2) is 21.8 Å². The summed E-state index contributed by atoms with van der Waals surface area (Å²) < 4.78 is 0. The second kappa shape index (κ2) is 8.06. The summed E-state index contributed by atoms with van der Waals surface area (Å²) in [5.74, 6) is -0.190. The molecule has 0 aliphatic rings. The lowest BCUT2D eigenvalue weighted by molar-refractivity contribution is -0.124. The first-order chi connectivity index (χ1) is 13.1. The summed E-state index contributed by atoms with van der Waals surface area (Å²) in [6, 6.07) is 6.06. The number of carbonyl (C=O) groups is 1. The number of nitrogens with zero attached hydrogens (tertiary/aromatic N) is 1. The molecule has 0 fully saturated rings. The van der Waals surface area contributed by atoms with Crippen LogP contribution in [0.1, 0.15) is 90.6 Å². The first-order valence-electron chi connectivity index (χ1n) is 10.5. The highest BCUT2D eigenvalue weighted by molar-refractivity contribution is 5.91. The largest absolute Gasteiger partial charge is 0.348 e. The monoisotopic (exact) mass is 397 g/mol. The summed E-state index contributed by atoms with van der Waals surface area (Å²) >= 11 is 0. The molecule has 0 bridgehead atoms. The molecule has 2 rings (SSSR count). The minimum atomic E-state index is -0.574. The van der Waals surface area contributed by atoms with E-state index in [1.54, 1.807) is 12.5 Å². The number of benzene rings is 1. The number of aromatic amines is 1. The van der Waals surface area contributed by atoms with E-state index in [2.05, 4.69) is 90.5 Å². The van der Waals surface area contributed by atoms with Crippen LogP contribution < -0.4 is 5.73 Å². The summed E-state index contributed by atoms with van der Waals surface area (Å²) in [6.07, 6.45) is 3.82. The van der Waals surface area contributed by atoms with Crippen molar-refractivity contribution in [3.63, 3.8) is 0 Å². The first kappa shape index (κ1) is 23.3. The molecule has 29 heavy (non-hydrogen) atoms. The highest BCUT2D eigenvalue weighted by atomic mass is 16.1. The number of carbonyl (C=O) groups excluding carboxylic acids is 1. The van der Waals surface area contributed by atoms with Gasteiger partial charge >= 0.3 is 0 Å². The average Bonchev–Trinajstić information content (AvgIpc) is 3.04. The zero-order valence-corrected chi connectivity index (χ0v) is 19.7. The molecule has 0 saturated heterocycles. The van der Waals surface area contributed by atoms with Gasteiger partial charge < -0.3 is 10.7 Å². The highest BCUT2D eigenvalue weighted by Crippen LogP contribution is 2.42. The number of imidazole rings is 1. The van der Waals surface area contributed by atoms with Crippen molar-refractivity contribution >= 4 is 5.78 Å². The molecule has 1 aromatic heterocycles. The Morgan fingerprint density at radius 2 is 1.66 bits per heavy atom. The minimum Gasteiger partial charge on any atom is -0.348 e. The van der Waals surface area contributed by atoms with Crippen molar-refractivity contribution in [2.75, 3.05) is 0 Å². The van der Waals surface area contributed by atoms with Crippen molar-refractivity contribution in [3.05, 3.63) is 53.1 Å². The third-order valence-electron chi connectivity index (χ3n) is 5.55. The Hall–Kier alpha value is -1.94. The molecule has 2 aromatic rings. The Kier molecular flexibility index (Phi) is 6.49. The molecule has 4 heteroatoms. The fraction of sp³-hybridized carbons (Fsp3) is 0.600. The van der Waals surface area contributed by atoms with Crippen molar-refractivity contribution in [2.45, 2.75) is 91.5 Å². The molecule has 0 aliphatic carbocycles. The molecule has 0 aliphatic heterocycles. The predicted octanol–water partition coefficient (Wildman–Crippen LogP) is 5.27. The van der Waals surface area contributed by atoms with Gasteiger partial charge in [0.1, 0.15) is 0 Å². The molecule has 0 amide bonds. The zero-order valence-electron chi connectivity index (χ0n) is 19.7. The number of aromatic nitrogens is 2. The molecule has 1 aromatic carbocycles. The van der Waals surface area contributed by atoms with Crippen molar-refractivity contribution < 1.29 is 4.79 Å². The van der Waals surface area contributed by atoms with Gasteiger partial charge in [-0.05, 0) is 32.9 Å². The van der Waals surface area contributed by atoms with Gasteiger partial charge in [0.25, 0.3) is 0 Å². The Bertz CT molecular complexity index is 830. The Morgan fingerprint density at radius 1 is 1.03 bits per heavy atom. The van der Waals surface area contributed by atoms with E-state index in [-0.39, 0.29) is 27.9 Å². The smallest absolute Gasteiger partial charge is 0.157 e. The van der Waals surface area contributed by atoms with Gasteiger partial charge in [0.2, 0.25) is 0 Å². The minimum absolute atomic E-state index is 0.0524. The van der Waals surface area contributed by atoms with Gasteiger partial charge in [0.15, 0.2) is 5.78 Å². The van der Waals surface area contributed by atoms with E-state index in [9.17, 15) is 4.79 Å². The lowest BCUT2D eigenvalue weighted by atomic mass is 9.67. The molecular formula is C25H39N3O. The van der Waals surface area contributed by atoms with E-state index < -0.39 is 6.04 Å². The summed E-state index contributed by atoms with van der Waals surface area (Å²) in [5, 5.41) is 0. The van der Waals surface area contributed by atoms with E-state index >= 15 is 0 Å². The number of H-pyrrole nitrogens is 1. The van der Waals surface area contributed by atoms with Crippen LogP contribution in [0.25, 0.3) is 0 Å². The number of nitrogens with two attached hydrogens (primary N) is 1. The predicted molar refractivity (Wildman–Crippen MR) is 121 cm³/mol. The van der Waals surface area contributed by atoms with Gasteiger partial charge in [-0.1, -0.05) is 80.5 Å². The summed E-state index contributed by atoms with van der Waals surface area (Å²) in [6.45, 7) is 19.7. The molecule has 3 N–H and O–H groups in total. The summed E-state index contributed by atoms with van der Waals surface area (Å²) in [4.78, 5) is 20.7. The molecule has 1 unspecified atom stereocenters. The highest BCUT2D eigenvalue weighted by Gasteiger charge is 2.38. The number of Topliss-reactive ketones (excluding diaryl/α,β-unsaturated/α-hetero) is 1. The van der Waals surface area contributed by atoms with Crippen LogP contribution in [0.15, 0.2) is 30.7 Å². The normalized spacial score (nSPS) is 15.2. The average molecular weight is 398 g/mol. The Balaban J connectivity index is 2.56. The van der Waals surface area contributed by atoms with Crippen molar-refractivity contribution in [1.29, 1.82) is 0 Å². The van der Waals surface area contributed by atoms with E-state index in [4.69, 9.17) is 5.73 Å². The van der Waals surface area contributed by atoms with Crippen LogP contribution in [-0.2, 0) is 22.0 Å². The van der Waals surface area contributed by atoms with E-state index in [1.165, 1.54) is 11.1 Å². The molecule has 2 atom stereocenters. The molecule has 160 valence electrons. The van der Waals surface area contributed by atoms with Crippen molar-refractivity contribution in [1.82, 2.24) is 9.97 Å². The number of nitrogens with one attached hydrogen (secondary N) is 1. The van der Waals surface area contributed by atoms with Gasteiger partial charge in [-0.25, -0.2) is 4.98 Å². The van der Waals surface area contributed by atoms with Crippen molar-refractivity contribution in [3.8, 4) is 0 Å². The fourth-order valence-corrected chi connectivity index (χ4v) is 3.92. The fourth-order valence-electron chi connectivity index (χ4n) is 3.92. The second-order valence-electron chi connectivity index (χ2n) is 11.4. The van der Waals surface area contributed by atoms with E-state index in [1.807, 2.05) is 0 Å².